The van der Waals surface area contributed by atoms with Gasteiger partial charge in [0.2, 0.25) is 5.91 Å². The zero-order chi connectivity index (χ0) is 12.1. The second-order valence-corrected chi connectivity index (χ2v) is 4.87. The molecule has 7 heteroatoms. The highest BCUT2D eigenvalue weighted by Crippen LogP contribution is 2.11. The maximum absolute atomic E-state index is 11.9. The predicted molar refractivity (Wildman–Crippen MR) is 72.7 cm³/mol. The Hall–Kier alpha value is -0.960. The number of anilines is 1. The Labute approximate surface area is 113 Å². The molecule has 92 valence electrons. The smallest absolute Gasteiger partial charge is 0.242 e. The van der Waals surface area contributed by atoms with E-state index in [0.29, 0.717) is 5.82 Å². The molecule has 0 aromatic carbocycles. The summed E-state index contributed by atoms with van der Waals surface area (Å²) in [4.78, 5) is 21.7. The lowest BCUT2D eigenvalue weighted by molar-refractivity contribution is -0.129. The maximum Gasteiger partial charge on any atom is 0.242 e. The Morgan fingerprint density at radius 2 is 2.29 bits per heavy atom. The van der Waals surface area contributed by atoms with Crippen molar-refractivity contribution in [2.24, 2.45) is 0 Å². The Kier molecular flexibility index (Phi) is 4.49. The van der Waals surface area contributed by atoms with Gasteiger partial charge in [-0.05, 0) is 22.6 Å². The molecule has 1 amide bonds. The van der Waals surface area contributed by atoms with Gasteiger partial charge < -0.3 is 15.5 Å². The van der Waals surface area contributed by atoms with Crippen molar-refractivity contribution in [2.75, 3.05) is 38.0 Å². The first-order valence-electron chi connectivity index (χ1n) is 5.45. The molecule has 1 saturated heterocycles. The average Bonchev–Trinajstić information content (AvgIpc) is 2.38. The number of hydrogen-bond acceptors (Lipinski definition) is 5. The number of hydrogen-bond donors (Lipinski definition) is 2. The normalized spacial score (nSPS) is 15.7. The zero-order valence-corrected chi connectivity index (χ0v) is 11.5. The predicted octanol–water partition coefficient (Wildman–Crippen LogP) is -0.0751. The molecule has 2 N–H and O–H groups in total. The van der Waals surface area contributed by atoms with Crippen LogP contribution in [-0.4, -0.2) is 53.5 Å². The van der Waals surface area contributed by atoms with Crippen molar-refractivity contribution in [3.05, 3.63) is 16.1 Å². The number of rotatable bonds is 3. The van der Waals surface area contributed by atoms with Crippen LogP contribution in [0.1, 0.15) is 0 Å². The van der Waals surface area contributed by atoms with Gasteiger partial charge in [-0.15, -0.1) is 0 Å². The van der Waals surface area contributed by atoms with E-state index in [1.54, 1.807) is 6.20 Å². The molecule has 1 aromatic heterocycles. The lowest BCUT2D eigenvalue weighted by atomic mass is 10.3. The maximum atomic E-state index is 11.9. The van der Waals surface area contributed by atoms with Crippen LogP contribution in [0.3, 0.4) is 0 Å². The van der Waals surface area contributed by atoms with E-state index in [2.05, 4.69) is 43.2 Å². The Morgan fingerprint density at radius 1 is 1.53 bits per heavy atom. The standard InChI is InChI=1S/C10H14IN5O/c11-8-5-13-7-15-10(8)14-6-9(17)16-3-1-12-2-4-16/h5,7,12H,1-4,6H2,(H,13,14,15). The molecule has 1 aliphatic rings. The molecular weight excluding hydrogens is 333 g/mol. The van der Waals surface area contributed by atoms with Crippen molar-refractivity contribution in [3.63, 3.8) is 0 Å². The summed E-state index contributed by atoms with van der Waals surface area (Å²) >= 11 is 2.14. The van der Waals surface area contributed by atoms with E-state index in [9.17, 15) is 4.79 Å². The van der Waals surface area contributed by atoms with Crippen LogP contribution in [0.2, 0.25) is 0 Å². The van der Waals surface area contributed by atoms with E-state index >= 15 is 0 Å². The second-order valence-electron chi connectivity index (χ2n) is 3.70. The molecule has 0 unspecified atom stereocenters. The summed E-state index contributed by atoms with van der Waals surface area (Å²) in [6, 6.07) is 0. The molecule has 0 aliphatic carbocycles. The van der Waals surface area contributed by atoms with Gasteiger partial charge in [-0.1, -0.05) is 0 Å². The van der Waals surface area contributed by atoms with Gasteiger partial charge in [0.25, 0.3) is 0 Å². The topological polar surface area (TPSA) is 70.2 Å². The van der Waals surface area contributed by atoms with E-state index in [0.717, 1.165) is 29.7 Å². The molecule has 2 rings (SSSR count). The van der Waals surface area contributed by atoms with E-state index in [-0.39, 0.29) is 12.5 Å². The van der Waals surface area contributed by atoms with Crippen molar-refractivity contribution < 1.29 is 4.79 Å². The van der Waals surface area contributed by atoms with E-state index in [4.69, 9.17) is 0 Å². The van der Waals surface area contributed by atoms with Gasteiger partial charge in [0.05, 0.1) is 10.1 Å². The van der Waals surface area contributed by atoms with Crippen molar-refractivity contribution >= 4 is 34.3 Å². The van der Waals surface area contributed by atoms with Crippen LogP contribution in [0.25, 0.3) is 0 Å². The number of piperazine rings is 1. The van der Waals surface area contributed by atoms with Crippen LogP contribution >= 0.6 is 22.6 Å². The summed E-state index contributed by atoms with van der Waals surface area (Å²) in [6.45, 7) is 3.59. The molecule has 2 heterocycles. The molecule has 0 spiro atoms. The number of halogens is 1. The van der Waals surface area contributed by atoms with Crippen LogP contribution in [-0.2, 0) is 4.79 Å². The second kappa shape index (κ2) is 6.10. The molecule has 1 aliphatic heterocycles. The number of nitrogens with one attached hydrogen (secondary N) is 2. The Morgan fingerprint density at radius 3 is 3.00 bits per heavy atom. The summed E-state index contributed by atoms with van der Waals surface area (Å²) in [7, 11) is 0. The molecule has 17 heavy (non-hydrogen) atoms. The van der Waals surface area contributed by atoms with E-state index in [1.807, 2.05) is 4.90 Å². The third-order valence-corrected chi connectivity index (χ3v) is 3.33. The average molecular weight is 347 g/mol. The summed E-state index contributed by atoms with van der Waals surface area (Å²) in [6.07, 6.45) is 3.19. The van der Waals surface area contributed by atoms with Crippen molar-refractivity contribution in [1.82, 2.24) is 20.2 Å². The van der Waals surface area contributed by atoms with Crippen molar-refractivity contribution in [1.29, 1.82) is 0 Å². The van der Waals surface area contributed by atoms with Crippen molar-refractivity contribution in [2.45, 2.75) is 0 Å². The number of carbonyl (C=O) groups excluding carboxylic acids is 1. The quantitative estimate of drug-likeness (QED) is 0.749. The third kappa shape index (κ3) is 3.50. The minimum atomic E-state index is 0.112. The van der Waals surface area contributed by atoms with E-state index in [1.165, 1.54) is 6.33 Å². The fourth-order valence-corrected chi connectivity index (χ4v) is 2.12. The molecule has 0 saturated carbocycles. The van der Waals surface area contributed by atoms with Crippen LogP contribution in [0.5, 0.6) is 0 Å². The lowest BCUT2D eigenvalue weighted by Gasteiger charge is -2.27. The lowest BCUT2D eigenvalue weighted by Crippen LogP contribution is -2.48. The van der Waals surface area contributed by atoms with Crippen molar-refractivity contribution in [3.8, 4) is 0 Å². The van der Waals surface area contributed by atoms with Gasteiger partial charge in [0.1, 0.15) is 12.1 Å². The van der Waals surface area contributed by atoms with E-state index < -0.39 is 0 Å². The van der Waals surface area contributed by atoms with Crippen LogP contribution < -0.4 is 10.6 Å². The summed E-state index contributed by atoms with van der Waals surface area (Å²) in [5.74, 6) is 0.824. The number of nitrogens with zero attached hydrogens (tertiary/aromatic N) is 3. The van der Waals surface area contributed by atoms with Gasteiger partial charge >= 0.3 is 0 Å². The highest BCUT2D eigenvalue weighted by Gasteiger charge is 2.15. The first-order chi connectivity index (χ1) is 8.27. The molecule has 1 fully saturated rings. The molecular formula is C10H14IN5O. The third-order valence-electron chi connectivity index (χ3n) is 2.54. The Bertz CT molecular complexity index is 394. The van der Waals surface area contributed by atoms with Crippen LogP contribution in [0, 0.1) is 3.57 Å². The molecule has 1 aromatic rings. The minimum absolute atomic E-state index is 0.112. The minimum Gasteiger partial charge on any atom is -0.360 e. The zero-order valence-electron chi connectivity index (χ0n) is 9.32. The number of carbonyl (C=O) groups is 1. The highest BCUT2D eigenvalue weighted by atomic mass is 127. The number of amides is 1. The van der Waals surface area contributed by atoms with Gasteiger partial charge in [-0.3, -0.25) is 4.79 Å². The van der Waals surface area contributed by atoms with Crippen LogP contribution in [0.4, 0.5) is 5.82 Å². The fourth-order valence-electron chi connectivity index (χ4n) is 1.63. The SMILES string of the molecule is O=C(CNc1ncncc1I)N1CCNCC1. The summed E-state index contributed by atoms with van der Waals surface area (Å²) in [5.41, 5.74) is 0. The number of aromatic nitrogens is 2. The Balaban J connectivity index is 1.85. The monoisotopic (exact) mass is 347 g/mol. The van der Waals surface area contributed by atoms with Gasteiger partial charge in [-0.2, -0.15) is 0 Å². The largest absolute Gasteiger partial charge is 0.360 e. The molecule has 0 bridgehead atoms. The highest BCUT2D eigenvalue weighted by molar-refractivity contribution is 14.1. The summed E-state index contributed by atoms with van der Waals surface area (Å²) in [5, 5.41) is 6.26. The molecule has 6 nitrogen and oxygen atoms in total. The molecule has 0 radical (unpaired) electrons. The first-order valence-corrected chi connectivity index (χ1v) is 6.53. The molecule has 0 atom stereocenters. The van der Waals surface area contributed by atoms with Gasteiger partial charge in [0.15, 0.2) is 0 Å². The summed E-state index contributed by atoms with van der Waals surface area (Å²) < 4.78 is 0.915. The van der Waals surface area contributed by atoms with Gasteiger partial charge in [-0.25, -0.2) is 9.97 Å². The van der Waals surface area contributed by atoms with Gasteiger partial charge in [0, 0.05) is 32.4 Å². The fraction of sp³-hybridized carbons (Fsp3) is 0.500. The van der Waals surface area contributed by atoms with Crippen LogP contribution in [0.15, 0.2) is 12.5 Å². The first kappa shape index (κ1) is 12.5.